The smallest absolute Gasteiger partial charge is 0.282 e. The molecule has 146 valence electrons. The van der Waals surface area contributed by atoms with Gasteiger partial charge in [0.1, 0.15) is 0 Å². The van der Waals surface area contributed by atoms with Crippen LogP contribution in [0.1, 0.15) is 30.8 Å². The molecular formula is C21H25N5O2. The number of hydrogen-bond acceptors (Lipinski definition) is 3. The Morgan fingerprint density at radius 1 is 1.04 bits per heavy atom. The van der Waals surface area contributed by atoms with Gasteiger partial charge in [0.05, 0.1) is 5.69 Å². The Morgan fingerprint density at radius 2 is 1.71 bits per heavy atom. The van der Waals surface area contributed by atoms with E-state index >= 15 is 0 Å². The van der Waals surface area contributed by atoms with E-state index in [1.54, 1.807) is 7.05 Å². The summed E-state index contributed by atoms with van der Waals surface area (Å²) in [5, 5.41) is 0. The molecule has 0 aliphatic rings. The molecule has 0 atom stereocenters. The van der Waals surface area contributed by atoms with Crippen LogP contribution in [0.2, 0.25) is 0 Å². The molecular weight excluding hydrogens is 354 g/mol. The van der Waals surface area contributed by atoms with Gasteiger partial charge in [-0.3, -0.25) is 22.9 Å². The zero-order valence-corrected chi connectivity index (χ0v) is 17.1. The Bertz CT molecular complexity index is 1350. The van der Waals surface area contributed by atoms with Crippen molar-refractivity contribution >= 4 is 16.9 Å². The van der Waals surface area contributed by atoms with Crippen LogP contribution in [-0.2, 0) is 13.6 Å². The normalized spacial score (nSPS) is 12.0. The first kappa shape index (κ1) is 18.3. The van der Waals surface area contributed by atoms with Crippen molar-refractivity contribution < 1.29 is 0 Å². The Labute approximate surface area is 162 Å². The molecule has 0 spiro atoms. The lowest BCUT2D eigenvalue weighted by molar-refractivity contribution is 0.484. The predicted octanol–water partition coefficient (Wildman–Crippen LogP) is 2.72. The molecule has 0 aliphatic carbocycles. The summed E-state index contributed by atoms with van der Waals surface area (Å²) >= 11 is 0. The maximum Gasteiger partial charge on any atom is 0.332 e. The number of aromatic nitrogens is 5. The molecule has 28 heavy (non-hydrogen) atoms. The van der Waals surface area contributed by atoms with Crippen molar-refractivity contribution in [2.75, 3.05) is 0 Å². The summed E-state index contributed by atoms with van der Waals surface area (Å²) in [6.45, 7) is 10.4. The molecule has 3 aromatic heterocycles. The molecule has 0 radical (unpaired) electrons. The topological polar surface area (TPSA) is 66.2 Å². The van der Waals surface area contributed by atoms with Gasteiger partial charge in [0, 0.05) is 25.0 Å². The van der Waals surface area contributed by atoms with Crippen molar-refractivity contribution in [2.24, 2.45) is 13.0 Å². The van der Waals surface area contributed by atoms with Crippen LogP contribution >= 0.6 is 0 Å². The van der Waals surface area contributed by atoms with Gasteiger partial charge >= 0.3 is 5.69 Å². The fourth-order valence-electron chi connectivity index (χ4n) is 3.88. The van der Waals surface area contributed by atoms with Crippen LogP contribution in [0, 0.1) is 26.7 Å². The van der Waals surface area contributed by atoms with Gasteiger partial charge in [-0.1, -0.05) is 32.0 Å². The fraction of sp³-hybridized carbons (Fsp3) is 0.381. The minimum Gasteiger partial charge on any atom is -0.282 e. The van der Waals surface area contributed by atoms with Gasteiger partial charge in [0.2, 0.25) is 5.78 Å². The van der Waals surface area contributed by atoms with Crippen LogP contribution in [0.3, 0.4) is 0 Å². The molecule has 0 fully saturated rings. The highest BCUT2D eigenvalue weighted by molar-refractivity contribution is 5.77. The van der Waals surface area contributed by atoms with E-state index in [1.165, 1.54) is 9.13 Å². The summed E-state index contributed by atoms with van der Waals surface area (Å²) in [4.78, 5) is 30.8. The van der Waals surface area contributed by atoms with Gasteiger partial charge in [-0.05, 0) is 38.3 Å². The SMILES string of the molecule is Cc1ccccc1-n1c(C)c(C)n2c3c(=O)n(CC(C)C)c(=O)n(C)c3nc12. The summed E-state index contributed by atoms with van der Waals surface area (Å²) in [6.07, 6.45) is 0. The third-order valence-corrected chi connectivity index (χ3v) is 5.42. The van der Waals surface area contributed by atoms with Gasteiger partial charge < -0.3 is 0 Å². The monoisotopic (exact) mass is 379 g/mol. The van der Waals surface area contributed by atoms with E-state index in [1.807, 2.05) is 50.3 Å². The lowest BCUT2D eigenvalue weighted by Gasteiger charge is -2.10. The predicted molar refractivity (Wildman–Crippen MR) is 111 cm³/mol. The molecule has 0 unspecified atom stereocenters. The zero-order chi connectivity index (χ0) is 20.3. The van der Waals surface area contributed by atoms with E-state index in [4.69, 9.17) is 4.98 Å². The highest BCUT2D eigenvalue weighted by Crippen LogP contribution is 2.26. The van der Waals surface area contributed by atoms with Crippen molar-refractivity contribution in [1.82, 2.24) is 23.1 Å². The van der Waals surface area contributed by atoms with E-state index in [0.717, 1.165) is 22.6 Å². The van der Waals surface area contributed by atoms with Gasteiger partial charge in [0.15, 0.2) is 11.2 Å². The summed E-state index contributed by atoms with van der Waals surface area (Å²) in [5.41, 5.74) is 4.33. The van der Waals surface area contributed by atoms with Crippen LogP contribution in [-0.4, -0.2) is 23.1 Å². The highest BCUT2D eigenvalue weighted by Gasteiger charge is 2.23. The van der Waals surface area contributed by atoms with E-state index in [9.17, 15) is 9.59 Å². The van der Waals surface area contributed by atoms with Crippen molar-refractivity contribution in [3.8, 4) is 5.69 Å². The third-order valence-electron chi connectivity index (χ3n) is 5.42. The zero-order valence-electron chi connectivity index (χ0n) is 17.1. The largest absolute Gasteiger partial charge is 0.332 e. The Kier molecular flexibility index (Phi) is 4.06. The average Bonchev–Trinajstić information content (AvgIpc) is 3.14. The number of aryl methyl sites for hydroxylation is 3. The third kappa shape index (κ3) is 2.38. The molecule has 0 saturated heterocycles. The van der Waals surface area contributed by atoms with E-state index in [2.05, 4.69) is 17.6 Å². The maximum atomic E-state index is 13.3. The van der Waals surface area contributed by atoms with Gasteiger partial charge in [-0.2, -0.15) is 4.98 Å². The summed E-state index contributed by atoms with van der Waals surface area (Å²) < 4.78 is 6.74. The Hall–Kier alpha value is -3.09. The minimum atomic E-state index is -0.330. The molecule has 7 nitrogen and oxygen atoms in total. The molecule has 0 bridgehead atoms. The lowest BCUT2D eigenvalue weighted by atomic mass is 10.2. The summed E-state index contributed by atoms with van der Waals surface area (Å²) in [5.74, 6) is 0.833. The quantitative estimate of drug-likeness (QED) is 0.550. The second-order valence-electron chi connectivity index (χ2n) is 7.86. The van der Waals surface area contributed by atoms with Crippen molar-refractivity contribution in [3.63, 3.8) is 0 Å². The fourth-order valence-corrected chi connectivity index (χ4v) is 3.88. The van der Waals surface area contributed by atoms with Gasteiger partial charge in [0.25, 0.3) is 5.56 Å². The number of hydrogen-bond donors (Lipinski definition) is 0. The highest BCUT2D eigenvalue weighted by atomic mass is 16.2. The number of para-hydroxylation sites is 1. The van der Waals surface area contributed by atoms with Crippen LogP contribution in [0.4, 0.5) is 0 Å². The molecule has 0 amide bonds. The molecule has 4 aromatic rings. The average molecular weight is 379 g/mol. The van der Waals surface area contributed by atoms with E-state index < -0.39 is 0 Å². The number of fused-ring (bicyclic) bond motifs is 3. The summed E-state index contributed by atoms with van der Waals surface area (Å²) in [6, 6.07) is 8.07. The number of nitrogens with zero attached hydrogens (tertiary/aromatic N) is 5. The number of imidazole rings is 2. The van der Waals surface area contributed by atoms with Crippen LogP contribution in [0.15, 0.2) is 33.9 Å². The second kappa shape index (κ2) is 6.22. The first-order chi connectivity index (χ1) is 13.2. The first-order valence-corrected chi connectivity index (χ1v) is 9.50. The Balaban J connectivity index is 2.20. The van der Waals surface area contributed by atoms with Gasteiger partial charge in [-0.25, -0.2) is 4.79 Å². The van der Waals surface area contributed by atoms with E-state index in [0.29, 0.717) is 23.5 Å². The van der Waals surface area contributed by atoms with E-state index in [-0.39, 0.29) is 17.2 Å². The number of rotatable bonds is 3. The molecule has 1 aromatic carbocycles. The van der Waals surface area contributed by atoms with Gasteiger partial charge in [-0.15, -0.1) is 0 Å². The van der Waals surface area contributed by atoms with Crippen LogP contribution < -0.4 is 11.2 Å². The van der Waals surface area contributed by atoms with Crippen LogP contribution in [0.5, 0.6) is 0 Å². The molecule has 7 heteroatoms. The van der Waals surface area contributed by atoms with Crippen molar-refractivity contribution in [3.05, 3.63) is 62.1 Å². The van der Waals surface area contributed by atoms with Crippen LogP contribution in [0.25, 0.3) is 22.6 Å². The lowest BCUT2D eigenvalue weighted by Crippen LogP contribution is -2.40. The number of benzene rings is 1. The molecule has 0 saturated carbocycles. The minimum absolute atomic E-state index is 0.186. The molecule has 0 aliphatic heterocycles. The molecule has 4 rings (SSSR count). The first-order valence-electron chi connectivity index (χ1n) is 9.50. The van der Waals surface area contributed by atoms with Crippen molar-refractivity contribution in [2.45, 2.75) is 41.2 Å². The molecule has 0 N–H and O–H groups in total. The second-order valence-corrected chi connectivity index (χ2v) is 7.86. The summed E-state index contributed by atoms with van der Waals surface area (Å²) in [7, 11) is 1.67. The Morgan fingerprint density at radius 3 is 2.36 bits per heavy atom. The molecule has 3 heterocycles. The van der Waals surface area contributed by atoms with Crippen molar-refractivity contribution in [1.29, 1.82) is 0 Å². The maximum absolute atomic E-state index is 13.3. The standard InChI is InChI=1S/C21H25N5O2/c1-12(2)11-24-19(27)17-18(23(6)21(24)28)22-20-25(14(4)15(5)26(17)20)16-10-8-7-9-13(16)3/h7-10,12H,11H2,1-6H3.